The van der Waals surface area contributed by atoms with E-state index in [1.807, 2.05) is 6.92 Å². The molecule has 6 nitrogen and oxygen atoms in total. The third kappa shape index (κ3) is 3.19. The van der Waals surface area contributed by atoms with Crippen molar-refractivity contribution < 1.29 is 14.7 Å². The molecule has 0 aliphatic heterocycles. The highest BCUT2D eigenvalue weighted by atomic mass is 16.4. The summed E-state index contributed by atoms with van der Waals surface area (Å²) in [6, 6.07) is 0.996. The molecule has 0 saturated heterocycles. The lowest BCUT2D eigenvalue weighted by atomic mass is 10.1. The zero-order valence-corrected chi connectivity index (χ0v) is 10.3. The molecule has 0 fully saturated rings. The number of H-pyrrole nitrogens is 1. The average Bonchev–Trinajstić information content (AvgIpc) is 2.34. The van der Waals surface area contributed by atoms with E-state index in [0.29, 0.717) is 6.42 Å². The zero-order chi connectivity index (χ0) is 13.7. The van der Waals surface area contributed by atoms with Crippen LogP contribution in [0.4, 0.5) is 0 Å². The van der Waals surface area contributed by atoms with Gasteiger partial charge in [0.1, 0.15) is 12.1 Å². The summed E-state index contributed by atoms with van der Waals surface area (Å²) in [5, 5.41) is 8.81. The smallest absolute Gasteiger partial charge is 0.323 e. The van der Waals surface area contributed by atoms with Crippen LogP contribution in [-0.4, -0.2) is 39.5 Å². The second kappa shape index (κ2) is 6.00. The molecule has 0 aromatic carbocycles. The fraction of sp³-hybridized carbons (Fsp3) is 0.417. The van der Waals surface area contributed by atoms with Gasteiger partial charge in [-0.2, -0.15) is 0 Å². The van der Waals surface area contributed by atoms with Gasteiger partial charge >= 0.3 is 5.97 Å². The summed E-state index contributed by atoms with van der Waals surface area (Å²) in [6.07, 6.45) is 3.33. The molecule has 1 heterocycles. The lowest BCUT2D eigenvalue weighted by Gasteiger charge is -2.26. The molecule has 0 radical (unpaired) electrons. The quantitative estimate of drug-likeness (QED) is 0.807. The van der Waals surface area contributed by atoms with Crippen LogP contribution in [0.25, 0.3) is 0 Å². The molecule has 1 atom stereocenters. The maximum Gasteiger partial charge on any atom is 0.323 e. The summed E-state index contributed by atoms with van der Waals surface area (Å²) in [5.74, 6) is -1.66. The van der Waals surface area contributed by atoms with Crippen LogP contribution in [0.15, 0.2) is 23.3 Å². The number of carboxylic acids is 1. The van der Waals surface area contributed by atoms with Gasteiger partial charge in [-0.3, -0.25) is 14.4 Å². The van der Waals surface area contributed by atoms with E-state index < -0.39 is 23.9 Å². The largest absolute Gasteiger partial charge is 0.480 e. The van der Waals surface area contributed by atoms with Crippen LogP contribution in [0.1, 0.15) is 30.6 Å². The Balaban J connectivity index is 3.06. The van der Waals surface area contributed by atoms with Gasteiger partial charge in [0.05, 0.1) is 0 Å². The van der Waals surface area contributed by atoms with Crippen LogP contribution in [0.5, 0.6) is 0 Å². The molecular weight excluding hydrogens is 236 g/mol. The Morgan fingerprint density at radius 2 is 2.17 bits per heavy atom. The van der Waals surface area contributed by atoms with E-state index in [1.165, 1.54) is 23.4 Å². The Morgan fingerprint density at radius 3 is 2.67 bits per heavy atom. The predicted octanol–water partition coefficient (Wildman–Crippen LogP) is 0.700. The Hall–Kier alpha value is -2.11. The number of carbonyl (C=O) groups excluding carboxylic acids is 1. The molecule has 98 valence electrons. The molecule has 2 N–H and O–H groups in total. The molecule has 0 aliphatic carbocycles. The van der Waals surface area contributed by atoms with Gasteiger partial charge in [0.2, 0.25) is 0 Å². The molecule has 0 spiro atoms. The average molecular weight is 252 g/mol. The number of amides is 1. The highest BCUT2D eigenvalue weighted by Gasteiger charge is 2.24. The van der Waals surface area contributed by atoms with Crippen LogP contribution in [0.3, 0.4) is 0 Å². The van der Waals surface area contributed by atoms with Crippen LogP contribution >= 0.6 is 0 Å². The van der Waals surface area contributed by atoms with E-state index in [4.69, 9.17) is 5.11 Å². The number of hydrogen-bond acceptors (Lipinski definition) is 3. The van der Waals surface area contributed by atoms with Crippen molar-refractivity contribution in [1.29, 1.82) is 0 Å². The minimum Gasteiger partial charge on any atom is -0.480 e. The first kappa shape index (κ1) is 14.0. The monoisotopic (exact) mass is 252 g/mol. The molecule has 1 aromatic rings. The Bertz CT molecular complexity index is 495. The van der Waals surface area contributed by atoms with Crippen molar-refractivity contribution in [2.24, 2.45) is 0 Å². The Kier molecular flexibility index (Phi) is 4.65. The van der Waals surface area contributed by atoms with Crippen molar-refractivity contribution in [1.82, 2.24) is 9.88 Å². The second-order valence-electron chi connectivity index (χ2n) is 4.01. The summed E-state index contributed by atoms with van der Waals surface area (Å²) in [7, 11) is 0. The van der Waals surface area contributed by atoms with E-state index in [9.17, 15) is 14.4 Å². The SMILES string of the molecule is CCC(C)N(CC(=O)O)C(=O)c1c[nH]ccc1=O. The molecule has 1 rings (SSSR count). The van der Waals surface area contributed by atoms with Crippen molar-refractivity contribution in [3.05, 3.63) is 34.2 Å². The van der Waals surface area contributed by atoms with Crippen molar-refractivity contribution in [3.8, 4) is 0 Å². The van der Waals surface area contributed by atoms with E-state index in [-0.39, 0.29) is 11.6 Å². The number of nitrogens with zero attached hydrogens (tertiary/aromatic N) is 1. The summed E-state index contributed by atoms with van der Waals surface area (Å²) in [5.41, 5.74) is -0.462. The molecule has 0 saturated carbocycles. The zero-order valence-electron chi connectivity index (χ0n) is 10.3. The first-order chi connectivity index (χ1) is 8.47. The standard InChI is InChI=1S/C12H16N2O4/c1-3-8(2)14(7-11(16)17)12(18)9-6-13-5-4-10(9)15/h4-6,8H,3,7H2,1-2H3,(H,13,15)(H,16,17). The van der Waals surface area contributed by atoms with Gasteiger partial charge < -0.3 is 15.0 Å². The Morgan fingerprint density at radius 1 is 1.50 bits per heavy atom. The topological polar surface area (TPSA) is 90.5 Å². The van der Waals surface area contributed by atoms with Gasteiger partial charge in [-0.15, -0.1) is 0 Å². The molecule has 1 aromatic heterocycles. The number of rotatable bonds is 5. The van der Waals surface area contributed by atoms with Gasteiger partial charge in [0, 0.05) is 24.5 Å². The van der Waals surface area contributed by atoms with Crippen LogP contribution in [0, 0.1) is 0 Å². The van der Waals surface area contributed by atoms with Crippen molar-refractivity contribution >= 4 is 11.9 Å². The molecule has 1 amide bonds. The van der Waals surface area contributed by atoms with Gasteiger partial charge in [0.25, 0.3) is 5.91 Å². The first-order valence-corrected chi connectivity index (χ1v) is 5.67. The van der Waals surface area contributed by atoms with Crippen molar-refractivity contribution in [2.75, 3.05) is 6.54 Å². The number of carboxylic acid groups (broad SMARTS) is 1. The van der Waals surface area contributed by atoms with E-state index >= 15 is 0 Å². The highest BCUT2D eigenvalue weighted by molar-refractivity contribution is 5.95. The van der Waals surface area contributed by atoms with E-state index in [0.717, 1.165) is 0 Å². The molecule has 6 heteroatoms. The number of aliphatic carboxylic acids is 1. The van der Waals surface area contributed by atoms with Crippen LogP contribution in [-0.2, 0) is 4.79 Å². The normalized spacial score (nSPS) is 11.9. The van der Waals surface area contributed by atoms with Crippen LogP contribution < -0.4 is 5.43 Å². The summed E-state index contributed by atoms with van der Waals surface area (Å²) < 4.78 is 0. The number of pyridine rings is 1. The lowest BCUT2D eigenvalue weighted by Crippen LogP contribution is -2.43. The maximum atomic E-state index is 12.1. The second-order valence-corrected chi connectivity index (χ2v) is 4.01. The van der Waals surface area contributed by atoms with E-state index in [2.05, 4.69) is 4.98 Å². The first-order valence-electron chi connectivity index (χ1n) is 5.67. The summed E-state index contributed by atoms with van der Waals surface area (Å²) in [4.78, 5) is 38.3. The van der Waals surface area contributed by atoms with Gasteiger partial charge in [-0.1, -0.05) is 6.92 Å². The molecule has 0 aliphatic rings. The van der Waals surface area contributed by atoms with Gasteiger partial charge in [-0.05, 0) is 13.3 Å². The van der Waals surface area contributed by atoms with Crippen molar-refractivity contribution in [2.45, 2.75) is 26.3 Å². The highest BCUT2D eigenvalue weighted by Crippen LogP contribution is 2.07. The minimum absolute atomic E-state index is 0.0425. The molecule has 0 bridgehead atoms. The third-order valence-electron chi connectivity index (χ3n) is 2.74. The predicted molar refractivity (Wildman–Crippen MR) is 65.5 cm³/mol. The summed E-state index contributed by atoms with van der Waals surface area (Å²) >= 11 is 0. The van der Waals surface area contributed by atoms with Gasteiger partial charge in [0.15, 0.2) is 5.43 Å². The Labute approximate surface area is 104 Å². The lowest BCUT2D eigenvalue weighted by molar-refractivity contribution is -0.138. The van der Waals surface area contributed by atoms with Gasteiger partial charge in [-0.25, -0.2) is 0 Å². The molecule has 18 heavy (non-hydrogen) atoms. The number of hydrogen-bond donors (Lipinski definition) is 2. The van der Waals surface area contributed by atoms with E-state index in [1.54, 1.807) is 6.92 Å². The van der Waals surface area contributed by atoms with Crippen LogP contribution in [0.2, 0.25) is 0 Å². The summed E-state index contributed by atoms with van der Waals surface area (Å²) in [6.45, 7) is 3.18. The fourth-order valence-electron chi connectivity index (χ4n) is 1.53. The number of aromatic amines is 1. The fourth-order valence-corrected chi connectivity index (χ4v) is 1.53. The third-order valence-corrected chi connectivity index (χ3v) is 2.74. The number of aromatic nitrogens is 1. The molecular formula is C12H16N2O4. The maximum absolute atomic E-state index is 12.1. The number of carbonyl (C=O) groups is 2. The molecule has 1 unspecified atom stereocenters. The number of nitrogens with one attached hydrogen (secondary N) is 1. The minimum atomic E-state index is -1.10. The van der Waals surface area contributed by atoms with Crippen molar-refractivity contribution in [3.63, 3.8) is 0 Å².